The van der Waals surface area contributed by atoms with Crippen LogP contribution in [0.25, 0.3) is 0 Å². The standard InChI is InChI=1S/C13H20N2O2/c1-9(2)17-12-5-11(6-15-7-12)13(14)10-3-4-16-8-10/h5-7,9-10,13H,3-4,8,14H2,1-2H3. The molecular weight excluding hydrogens is 216 g/mol. The zero-order chi connectivity index (χ0) is 12.3. The van der Waals surface area contributed by atoms with Gasteiger partial charge in [0.2, 0.25) is 0 Å². The van der Waals surface area contributed by atoms with Gasteiger partial charge in [-0.3, -0.25) is 4.98 Å². The van der Waals surface area contributed by atoms with Crippen LogP contribution in [0.1, 0.15) is 31.9 Å². The Morgan fingerprint density at radius 3 is 2.94 bits per heavy atom. The van der Waals surface area contributed by atoms with Crippen LogP contribution in [-0.2, 0) is 4.74 Å². The maximum Gasteiger partial charge on any atom is 0.138 e. The summed E-state index contributed by atoms with van der Waals surface area (Å²) in [6.45, 7) is 5.55. The Morgan fingerprint density at radius 2 is 2.29 bits per heavy atom. The van der Waals surface area contributed by atoms with Gasteiger partial charge in [0.05, 0.1) is 18.9 Å². The van der Waals surface area contributed by atoms with Crippen LogP contribution in [0.3, 0.4) is 0 Å². The molecule has 2 rings (SSSR count). The topological polar surface area (TPSA) is 57.4 Å². The molecule has 1 aliphatic heterocycles. The average Bonchev–Trinajstić information content (AvgIpc) is 2.81. The fraction of sp³-hybridized carbons (Fsp3) is 0.615. The van der Waals surface area contributed by atoms with E-state index in [0.29, 0.717) is 5.92 Å². The maximum atomic E-state index is 6.22. The van der Waals surface area contributed by atoms with Crippen LogP contribution in [0.15, 0.2) is 18.5 Å². The second-order valence-corrected chi connectivity index (χ2v) is 4.77. The van der Waals surface area contributed by atoms with E-state index in [9.17, 15) is 0 Å². The molecule has 0 aromatic carbocycles. The third kappa shape index (κ3) is 3.17. The van der Waals surface area contributed by atoms with Gasteiger partial charge in [-0.25, -0.2) is 0 Å². The predicted octanol–water partition coefficient (Wildman–Crippen LogP) is 1.91. The first-order valence-electron chi connectivity index (χ1n) is 6.11. The third-order valence-electron chi connectivity index (χ3n) is 2.96. The van der Waals surface area contributed by atoms with E-state index in [1.54, 1.807) is 6.20 Å². The van der Waals surface area contributed by atoms with Crippen molar-refractivity contribution in [1.82, 2.24) is 4.98 Å². The highest BCUT2D eigenvalue weighted by Gasteiger charge is 2.24. The van der Waals surface area contributed by atoms with Gasteiger partial charge in [0.25, 0.3) is 0 Å². The maximum absolute atomic E-state index is 6.22. The minimum absolute atomic E-state index is 0.0132. The molecule has 2 atom stereocenters. The van der Waals surface area contributed by atoms with Crippen LogP contribution in [0.5, 0.6) is 5.75 Å². The fourth-order valence-corrected chi connectivity index (χ4v) is 2.06. The van der Waals surface area contributed by atoms with Gasteiger partial charge in [-0.15, -0.1) is 0 Å². The molecular formula is C13H20N2O2. The molecule has 17 heavy (non-hydrogen) atoms. The highest BCUT2D eigenvalue weighted by molar-refractivity contribution is 5.26. The highest BCUT2D eigenvalue weighted by atomic mass is 16.5. The lowest BCUT2D eigenvalue weighted by atomic mass is 9.94. The lowest BCUT2D eigenvalue weighted by Crippen LogP contribution is -2.22. The lowest BCUT2D eigenvalue weighted by Gasteiger charge is -2.18. The number of nitrogens with zero attached hydrogens (tertiary/aromatic N) is 1. The number of ether oxygens (including phenoxy) is 2. The second kappa shape index (κ2) is 5.47. The van der Waals surface area contributed by atoms with Gasteiger partial charge in [0.15, 0.2) is 0 Å². The molecule has 94 valence electrons. The van der Waals surface area contributed by atoms with Gasteiger partial charge in [-0.1, -0.05) is 0 Å². The van der Waals surface area contributed by atoms with Crippen molar-refractivity contribution in [3.05, 3.63) is 24.0 Å². The second-order valence-electron chi connectivity index (χ2n) is 4.77. The van der Waals surface area contributed by atoms with Crippen molar-refractivity contribution in [2.75, 3.05) is 13.2 Å². The largest absolute Gasteiger partial charge is 0.489 e. The summed E-state index contributed by atoms with van der Waals surface area (Å²) in [6, 6.07) is 1.97. The molecule has 1 fully saturated rings. The van der Waals surface area contributed by atoms with E-state index in [1.807, 2.05) is 26.1 Å². The van der Waals surface area contributed by atoms with Crippen LogP contribution in [0, 0.1) is 5.92 Å². The van der Waals surface area contributed by atoms with Gasteiger partial charge in [0, 0.05) is 24.8 Å². The molecule has 0 aliphatic carbocycles. The quantitative estimate of drug-likeness (QED) is 0.867. The van der Waals surface area contributed by atoms with E-state index in [0.717, 1.165) is 30.9 Å². The molecule has 2 unspecified atom stereocenters. The summed E-state index contributed by atoms with van der Waals surface area (Å²) in [4.78, 5) is 4.18. The first-order valence-corrected chi connectivity index (χ1v) is 6.11. The molecule has 2 heterocycles. The van der Waals surface area contributed by atoms with Crippen LogP contribution in [0.2, 0.25) is 0 Å². The Balaban J connectivity index is 2.09. The molecule has 4 heteroatoms. The number of nitrogens with two attached hydrogens (primary N) is 1. The minimum atomic E-state index is -0.0132. The Morgan fingerprint density at radius 1 is 1.47 bits per heavy atom. The van der Waals surface area contributed by atoms with Crippen molar-refractivity contribution in [1.29, 1.82) is 0 Å². The van der Waals surface area contributed by atoms with E-state index in [-0.39, 0.29) is 12.1 Å². The fourth-order valence-electron chi connectivity index (χ4n) is 2.06. The summed E-state index contributed by atoms with van der Waals surface area (Å²) in [5, 5.41) is 0. The van der Waals surface area contributed by atoms with Crippen LogP contribution in [0.4, 0.5) is 0 Å². The molecule has 0 bridgehead atoms. The van der Waals surface area contributed by atoms with Crippen LogP contribution in [-0.4, -0.2) is 24.3 Å². The Bertz CT molecular complexity index is 362. The molecule has 1 saturated heterocycles. The van der Waals surface area contributed by atoms with Crippen molar-refractivity contribution in [3.63, 3.8) is 0 Å². The summed E-state index contributed by atoms with van der Waals surface area (Å²) in [6.07, 6.45) is 4.71. The summed E-state index contributed by atoms with van der Waals surface area (Å²) < 4.78 is 11.0. The van der Waals surface area contributed by atoms with Gasteiger partial charge in [-0.05, 0) is 31.9 Å². The SMILES string of the molecule is CC(C)Oc1cncc(C(N)C2CCOC2)c1. The zero-order valence-electron chi connectivity index (χ0n) is 10.4. The Labute approximate surface area is 102 Å². The van der Waals surface area contributed by atoms with Gasteiger partial charge < -0.3 is 15.2 Å². The van der Waals surface area contributed by atoms with Crippen LogP contribution < -0.4 is 10.5 Å². The van der Waals surface area contributed by atoms with E-state index >= 15 is 0 Å². The van der Waals surface area contributed by atoms with E-state index in [1.165, 1.54) is 0 Å². The smallest absolute Gasteiger partial charge is 0.138 e. The highest BCUT2D eigenvalue weighted by Crippen LogP contribution is 2.28. The predicted molar refractivity (Wildman–Crippen MR) is 65.9 cm³/mol. The van der Waals surface area contributed by atoms with Gasteiger partial charge in [-0.2, -0.15) is 0 Å². The number of aromatic nitrogens is 1. The molecule has 0 saturated carbocycles. The summed E-state index contributed by atoms with van der Waals surface area (Å²) >= 11 is 0. The lowest BCUT2D eigenvalue weighted by molar-refractivity contribution is 0.180. The number of hydrogen-bond acceptors (Lipinski definition) is 4. The molecule has 0 spiro atoms. The first-order chi connectivity index (χ1) is 8.16. The monoisotopic (exact) mass is 236 g/mol. The average molecular weight is 236 g/mol. The Hall–Kier alpha value is -1.13. The molecule has 2 N–H and O–H groups in total. The third-order valence-corrected chi connectivity index (χ3v) is 2.96. The molecule has 0 amide bonds. The minimum Gasteiger partial charge on any atom is -0.489 e. The first kappa shape index (κ1) is 12.3. The molecule has 1 aliphatic rings. The van der Waals surface area contributed by atoms with Crippen LogP contribution >= 0.6 is 0 Å². The van der Waals surface area contributed by atoms with E-state index in [2.05, 4.69) is 4.98 Å². The summed E-state index contributed by atoms with van der Waals surface area (Å²) in [5.74, 6) is 1.18. The molecule has 1 aromatic rings. The normalized spacial score (nSPS) is 21.8. The van der Waals surface area contributed by atoms with Gasteiger partial charge in [0.1, 0.15) is 5.75 Å². The van der Waals surface area contributed by atoms with E-state index in [4.69, 9.17) is 15.2 Å². The summed E-state index contributed by atoms with van der Waals surface area (Å²) in [7, 11) is 0. The number of hydrogen-bond donors (Lipinski definition) is 1. The number of rotatable bonds is 4. The molecule has 1 aromatic heterocycles. The van der Waals surface area contributed by atoms with Crippen molar-refractivity contribution in [2.24, 2.45) is 11.7 Å². The number of pyridine rings is 1. The van der Waals surface area contributed by atoms with Crippen molar-refractivity contribution < 1.29 is 9.47 Å². The molecule has 0 radical (unpaired) electrons. The Kier molecular flexibility index (Phi) is 3.97. The van der Waals surface area contributed by atoms with E-state index < -0.39 is 0 Å². The molecule has 4 nitrogen and oxygen atoms in total. The summed E-state index contributed by atoms with van der Waals surface area (Å²) in [5.41, 5.74) is 7.25. The van der Waals surface area contributed by atoms with Crippen molar-refractivity contribution in [3.8, 4) is 5.75 Å². The zero-order valence-corrected chi connectivity index (χ0v) is 10.4. The van der Waals surface area contributed by atoms with Gasteiger partial charge >= 0.3 is 0 Å². The van der Waals surface area contributed by atoms with Crippen molar-refractivity contribution in [2.45, 2.75) is 32.4 Å². The van der Waals surface area contributed by atoms with Crippen molar-refractivity contribution >= 4 is 0 Å².